The number of amides is 1. The van der Waals surface area contributed by atoms with Crippen LogP contribution in [-0.4, -0.2) is 62.4 Å². The molecule has 8 rings (SSSR count). The zero-order valence-electron chi connectivity index (χ0n) is 27.2. The zero-order valence-corrected chi connectivity index (χ0v) is 27.2. The third kappa shape index (κ3) is 5.64. The molecule has 11 nitrogen and oxygen atoms in total. The molecule has 5 heterocycles. The van der Waals surface area contributed by atoms with E-state index in [1.54, 1.807) is 54.3 Å². The van der Waals surface area contributed by atoms with Crippen LogP contribution in [0.5, 0.6) is 0 Å². The van der Waals surface area contributed by atoms with Gasteiger partial charge >= 0.3 is 6.18 Å². The number of halogens is 3. The number of hydrogen-bond acceptors (Lipinski definition) is 9. The van der Waals surface area contributed by atoms with Crippen LogP contribution in [0.25, 0.3) is 22.5 Å². The Kier molecular flexibility index (Phi) is 7.44. The highest BCUT2D eigenvalue weighted by atomic mass is 19.4. The fourth-order valence-electron chi connectivity index (χ4n) is 7.54. The standard InChI is InChI=1S/C36H32F3N9O2/c1-46-21-42-45-32(46)25-3-2-22(15-41)10-26(25)24-13-30(44-35(4-5-35)6-8-40)43-31(14-24)48-17-28-27(33(48)49)11-23(12-29(28)36(37,38)39)16-47-18-34(19-47)7-9-50-20-34/h2-3,10-14,21H,4-7,9,16-20H2,1H3,(H,43,44). The Morgan fingerprint density at radius 3 is 2.52 bits per heavy atom. The minimum Gasteiger partial charge on any atom is -0.381 e. The number of aryl methyl sites for hydroxylation is 1. The Morgan fingerprint density at radius 1 is 1.04 bits per heavy atom. The molecule has 2 aromatic heterocycles. The Morgan fingerprint density at radius 2 is 1.86 bits per heavy atom. The van der Waals surface area contributed by atoms with E-state index >= 15 is 0 Å². The van der Waals surface area contributed by atoms with Crippen molar-refractivity contribution in [1.82, 2.24) is 24.6 Å². The highest BCUT2D eigenvalue weighted by Crippen LogP contribution is 2.45. The Balaban J connectivity index is 1.20. The van der Waals surface area contributed by atoms with Crippen molar-refractivity contribution >= 4 is 17.5 Å². The molecule has 4 aromatic rings. The lowest BCUT2D eigenvalue weighted by atomic mass is 9.79. The number of ether oxygens (including phenoxy) is 1. The number of nitriles is 2. The van der Waals surface area contributed by atoms with Gasteiger partial charge in [0.25, 0.3) is 5.91 Å². The number of rotatable bonds is 8. The quantitative estimate of drug-likeness (QED) is 0.250. The summed E-state index contributed by atoms with van der Waals surface area (Å²) < 4.78 is 51.1. The van der Waals surface area contributed by atoms with Crippen molar-refractivity contribution < 1.29 is 22.7 Å². The third-order valence-electron chi connectivity index (χ3n) is 10.3. The molecule has 2 saturated heterocycles. The number of nitrogens with one attached hydrogen (secondary N) is 1. The number of nitrogens with zero attached hydrogens (tertiary/aromatic N) is 8. The Bertz CT molecular complexity index is 2110. The van der Waals surface area contributed by atoms with Gasteiger partial charge in [-0.3, -0.25) is 14.6 Å². The van der Waals surface area contributed by atoms with E-state index in [0.717, 1.165) is 32.4 Å². The number of benzene rings is 2. The largest absolute Gasteiger partial charge is 0.416 e. The lowest BCUT2D eigenvalue weighted by Gasteiger charge is -2.47. The van der Waals surface area contributed by atoms with Gasteiger partial charge in [-0.05, 0) is 84.0 Å². The van der Waals surface area contributed by atoms with Gasteiger partial charge in [0.2, 0.25) is 0 Å². The molecule has 3 aliphatic heterocycles. The third-order valence-corrected chi connectivity index (χ3v) is 10.3. The number of likely N-dealkylation sites (tertiary alicyclic amines) is 1. The van der Waals surface area contributed by atoms with E-state index < -0.39 is 23.2 Å². The first kappa shape index (κ1) is 31.9. The number of aromatic nitrogens is 4. The molecule has 1 N–H and O–H groups in total. The molecule has 2 aromatic carbocycles. The SMILES string of the molecule is Cn1cnnc1-c1ccc(C#N)cc1-c1cc(NC2(CC#N)CC2)nc(N2Cc3c(cc(CN4CC5(CCOC5)C4)cc3C(F)(F)F)C2=O)c1. The van der Waals surface area contributed by atoms with Crippen molar-refractivity contribution in [2.45, 2.75) is 50.5 Å². The van der Waals surface area contributed by atoms with Gasteiger partial charge in [0, 0.05) is 49.8 Å². The predicted octanol–water partition coefficient (Wildman–Crippen LogP) is 5.68. The number of alkyl halides is 3. The summed E-state index contributed by atoms with van der Waals surface area (Å²) in [4.78, 5) is 22.2. The van der Waals surface area contributed by atoms with E-state index in [9.17, 15) is 28.5 Å². The number of pyridine rings is 1. The van der Waals surface area contributed by atoms with Crippen LogP contribution in [0.3, 0.4) is 0 Å². The number of anilines is 2. The van der Waals surface area contributed by atoms with Crippen molar-refractivity contribution in [2.75, 3.05) is 36.5 Å². The van der Waals surface area contributed by atoms with Crippen LogP contribution in [-0.2, 0) is 31.1 Å². The van der Waals surface area contributed by atoms with E-state index in [0.29, 0.717) is 59.2 Å². The van der Waals surface area contributed by atoms with Crippen molar-refractivity contribution in [3.8, 4) is 34.7 Å². The van der Waals surface area contributed by atoms with Gasteiger partial charge in [-0.1, -0.05) is 0 Å². The summed E-state index contributed by atoms with van der Waals surface area (Å²) in [6, 6.07) is 15.7. The summed E-state index contributed by atoms with van der Waals surface area (Å²) in [5, 5.41) is 30.9. The lowest BCUT2D eigenvalue weighted by Crippen LogP contribution is -2.56. The second-order valence-electron chi connectivity index (χ2n) is 14.0. The highest BCUT2D eigenvalue weighted by Gasteiger charge is 2.47. The maximum Gasteiger partial charge on any atom is 0.416 e. The number of carbonyl (C=O) groups excluding carboxylic acids is 1. The van der Waals surface area contributed by atoms with E-state index in [4.69, 9.17) is 9.72 Å². The van der Waals surface area contributed by atoms with Gasteiger partial charge in [0.1, 0.15) is 18.0 Å². The summed E-state index contributed by atoms with van der Waals surface area (Å²) >= 11 is 0. The van der Waals surface area contributed by atoms with Crippen LogP contribution in [0.1, 0.15) is 58.3 Å². The minimum atomic E-state index is -4.67. The summed E-state index contributed by atoms with van der Waals surface area (Å²) in [6.45, 7) is 2.83. The molecule has 254 valence electrons. The average Bonchev–Trinajstić information content (AvgIpc) is 3.37. The molecular formula is C36H32F3N9O2. The Labute approximate surface area is 285 Å². The van der Waals surface area contributed by atoms with Gasteiger partial charge in [-0.2, -0.15) is 23.7 Å². The molecule has 0 atom stereocenters. The first-order valence-electron chi connectivity index (χ1n) is 16.4. The topological polar surface area (TPSA) is 136 Å². The first-order chi connectivity index (χ1) is 24.0. The fourth-order valence-corrected chi connectivity index (χ4v) is 7.54. The minimum absolute atomic E-state index is 0.00497. The van der Waals surface area contributed by atoms with Crippen molar-refractivity contribution in [2.24, 2.45) is 12.5 Å². The van der Waals surface area contributed by atoms with Crippen LogP contribution < -0.4 is 10.2 Å². The molecule has 0 radical (unpaired) electrons. The molecule has 50 heavy (non-hydrogen) atoms. The zero-order chi connectivity index (χ0) is 34.8. The van der Waals surface area contributed by atoms with Gasteiger partial charge < -0.3 is 14.6 Å². The van der Waals surface area contributed by atoms with Crippen LogP contribution in [0.2, 0.25) is 0 Å². The fraction of sp³-hybridized carbons (Fsp3) is 0.389. The van der Waals surface area contributed by atoms with Crippen LogP contribution in [0.15, 0.2) is 48.8 Å². The lowest BCUT2D eigenvalue weighted by molar-refractivity contribution is -0.138. The van der Waals surface area contributed by atoms with Gasteiger partial charge in [0.05, 0.1) is 48.4 Å². The molecular weight excluding hydrogens is 647 g/mol. The molecule has 3 fully saturated rings. The number of fused-ring (bicyclic) bond motifs is 1. The number of hydrogen-bond donors (Lipinski definition) is 1. The summed E-state index contributed by atoms with van der Waals surface area (Å²) in [5.41, 5.74) is 1.29. The monoisotopic (exact) mass is 679 g/mol. The number of carbonyl (C=O) groups is 1. The van der Waals surface area contributed by atoms with E-state index in [1.807, 2.05) is 0 Å². The van der Waals surface area contributed by atoms with Gasteiger partial charge in [-0.15, -0.1) is 10.2 Å². The molecule has 14 heteroatoms. The van der Waals surface area contributed by atoms with Gasteiger partial charge in [0.15, 0.2) is 5.82 Å². The summed E-state index contributed by atoms with van der Waals surface area (Å²) in [6.07, 6.45) is -0.460. The van der Waals surface area contributed by atoms with Crippen molar-refractivity contribution in [1.29, 1.82) is 10.5 Å². The molecule has 0 bridgehead atoms. The highest BCUT2D eigenvalue weighted by molar-refractivity contribution is 6.10. The van der Waals surface area contributed by atoms with E-state index in [2.05, 4.69) is 32.6 Å². The molecule has 1 saturated carbocycles. The van der Waals surface area contributed by atoms with E-state index in [-0.39, 0.29) is 35.3 Å². The first-order valence-corrected chi connectivity index (χ1v) is 16.4. The van der Waals surface area contributed by atoms with Crippen LogP contribution >= 0.6 is 0 Å². The maximum absolute atomic E-state index is 14.6. The summed E-state index contributed by atoms with van der Waals surface area (Å²) in [5.74, 6) is 0.455. The smallest absolute Gasteiger partial charge is 0.381 e. The molecule has 1 aliphatic carbocycles. The summed E-state index contributed by atoms with van der Waals surface area (Å²) in [7, 11) is 1.79. The second-order valence-corrected chi connectivity index (χ2v) is 14.0. The predicted molar refractivity (Wildman–Crippen MR) is 175 cm³/mol. The molecule has 1 amide bonds. The molecule has 0 unspecified atom stereocenters. The normalized spacial score (nSPS) is 18.8. The van der Waals surface area contributed by atoms with Gasteiger partial charge in [-0.25, -0.2) is 4.98 Å². The van der Waals surface area contributed by atoms with E-state index in [1.165, 1.54) is 11.0 Å². The van der Waals surface area contributed by atoms with Crippen LogP contribution in [0, 0.1) is 28.1 Å². The van der Waals surface area contributed by atoms with Crippen LogP contribution in [0.4, 0.5) is 24.8 Å². The molecule has 1 spiro atoms. The van der Waals surface area contributed by atoms with Crippen molar-refractivity contribution in [3.05, 3.63) is 76.6 Å². The Hall–Kier alpha value is -5.31. The van der Waals surface area contributed by atoms with Crippen molar-refractivity contribution in [3.63, 3.8) is 0 Å². The maximum atomic E-state index is 14.6. The molecule has 4 aliphatic rings. The average molecular weight is 680 g/mol. The second kappa shape index (κ2) is 11.6.